The minimum Gasteiger partial charge on any atom is -0.436 e. The number of amides is 3. The lowest BCUT2D eigenvalue weighted by Crippen LogP contribution is -2.50. The highest BCUT2D eigenvalue weighted by Gasteiger charge is 2.44. The van der Waals surface area contributed by atoms with Crippen molar-refractivity contribution in [3.8, 4) is 0 Å². The first-order chi connectivity index (χ1) is 19.7. The minimum absolute atomic E-state index is 0.0136. The van der Waals surface area contributed by atoms with Crippen LogP contribution in [0.15, 0.2) is 30.3 Å². The second kappa shape index (κ2) is 16.2. The fraction of sp³-hybridized carbons (Fsp3) is 0.690. The van der Waals surface area contributed by atoms with Crippen LogP contribution in [0.4, 0.5) is 4.79 Å². The summed E-state index contributed by atoms with van der Waals surface area (Å²) in [4.78, 5) is 40.2. The number of nitrogens with two attached hydrogens (primary N) is 1. The molecule has 4 atom stereocenters. The fourth-order valence-corrected chi connectivity index (χ4v) is 7.57. The Morgan fingerprint density at radius 2 is 1.73 bits per heavy atom. The molecular formula is C29H46N3O8P. The number of rotatable bonds is 16. The summed E-state index contributed by atoms with van der Waals surface area (Å²) in [5, 5.41) is 14.0. The Morgan fingerprint density at radius 3 is 2.34 bits per heavy atom. The van der Waals surface area contributed by atoms with E-state index >= 15 is 0 Å². The molecule has 11 nitrogen and oxygen atoms in total. The second-order valence-electron chi connectivity index (χ2n) is 10.9. The van der Waals surface area contributed by atoms with Crippen LogP contribution in [0, 0.1) is 11.8 Å². The molecule has 1 aromatic rings. The van der Waals surface area contributed by atoms with Crippen LogP contribution < -0.4 is 11.1 Å². The van der Waals surface area contributed by atoms with Crippen LogP contribution in [0.3, 0.4) is 0 Å². The molecule has 0 bridgehead atoms. The van der Waals surface area contributed by atoms with Crippen molar-refractivity contribution >= 4 is 25.5 Å². The molecule has 1 saturated carbocycles. The molecule has 41 heavy (non-hydrogen) atoms. The highest BCUT2D eigenvalue weighted by atomic mass is 31.2. The van der Waals surface area contributed by atoms with Crippen molar-refractivity contribution in [1.82, 2.24) is 10.2 Å². The Kier molecular flexibility index (Phi) is 13.1. The van der Waals surface area contributed by atoms with Crippen LogP contribution >= 0.6 is 7.60 Å². The zero-order chi connectivity index (χ0) is 29.8. The van der Waals surface area contributed by atoms with Crippen molar-refractivity contribution in [3.05, 3.63) is 35.9 Å². The van der Waals surface area contributed by atoms with Gasteiger partial charge >= 0.3 is 13.7 Å². The number of aliphatic hydroxyl groups is 1. The van der Waals surface area contributed by atoms with Crippen LogP contribution in [0.2, 0.25) is 0 Å². The largest absolute Gasteiger partial charge is 0.436 e. The number of ether oxygens (including phenoxy) is 1. The summed E-state index contributed by atoms with van der Waals surface area (Å²) >= 11 is 0. The van der Waals surface area contributed by atoms with Crippen LogP contribution in [-0.4, -0.2) is 72.2 Å². The molecule has 3 rings (SSSR count). The van der Waals surface area contributed by atoms with E-state index in [2.05, 4.69) is 5.32 Å². The van der Waals surface area contributed by atoms with Gasteiger partial charge in [-0.2, -0.15) is 0 Å². The van der Waals surface area contributed by atoms with Gasteiger partial charge in [0.2, 0.25) is 5.91 Å². The monoisotopic (exact) mass is 595 g/mol. The molecule has 3 amide bonds. The van der Waals surface area contributed by atoms with Crippen molar-refractivity contribution in [3.63, 3.8) is 0 Å². The Bertz CT molecular complexity index is 1030. The van der Waals surface area contributed by atoms with E-state index in [0.717, 1.165) is 37.7 Å². The molecule has 0 spiro atoms. The molecule has 4 N–H and O–H groups in total. The quantitative estimate of drug-likeness (QED) is 0.242. The SMILES string of the molecule is CCOP(=O)(OCC)C(O)[C@H](CC1CCN(CCc2ccccc2)C1=O)NC(=O)[C@H](CC1CCCCC1)OC(N)=O. The van der Waals surface area contributed by atoms with E-state index in [9.17, 15) is 24.1 Å². The van der Waals surface area contributed by atoms with Gasteiger partial charge in [0.05, 0.1) is 19.3 Å². The third-order valence-corrected chi connectivity index (χ3v) is 10.2. The van der Waals surface area contributed by atoms with Gasteiger partial charge < -0.3 is 34.8 Å². The molecule has 230 valence electrons. The number of nitrogens with zero attached hydrogens (tertiary/aromatic N) is 1. The van der Waals surface area contributed by atoms with Gasteiger partial charge in [0.25, 0.3) is 5.91 Å². The van der Waals surface area contributed by atoms with Crippen LogP contribution in [0.5, 0.6) is 0 Å². The summed E-state index contributed by atoms with van der Waals surface area (Å²) in [6.07, 6.45) is 4.31. The second-order valence-corrected chi connectivity index (χ2v) is 13.0. The standard InChI is InChI=1S/C29H46N3O8P/c1-3-38-41(37,39-4-2)28(35)24(31-26(33)25(40-29(30)36)19-22-13-9-6-10-14-22)20-23-16-18-32(27(23)34)17-15-21-11-7-5-8-12-21/h5,7-8,11-12,22-25,28,35H,3-4,6,9-10,13-20H2,1-2H3,(H2,30,36)(H,31,33)/t23?,24-,25-,28?/m0/s1. The number of hydrogen-bond acceptors (Lipinski definition) is 8. The number of likely N-dealkylation sites (tertiary alicyclic amines) is 1. The zero-order valence-corrected chi connectivity index (χ0v) is 25.1. The van der Waals surface area contributed by atoms with Gasteiger partial charge in [-0.1, -0.05) is 62.4 Å². The fourth-order valence-electron chi connectivity index (χ4n) is 5.84. The first kappa shape index (κ1) is 33.0. The maximum Gasteiger partial charge on any atom is 0.405 e. The number of hydrogen-bond donors (Lipinski definition) is 3. The van der Waals surface area contributed by atoms with E-state index in [4.69, 9.17) is 19.5 Å². The van der Waals surface area contributed by atoms with Crippen molar-refractivity contribution in [2.45, 2.75) is 89.6 Å². The number of primary amides is 1. The molecule has 1 aromatic carbocycles. The van der Waals surface area contributed by atoms with Crippen LogP contribution in [-0.2, 0) is 34.4 Å². The molecule has 2 unspecified atom stereocenters. The zero-order valence-electron chi connectivity index (χ0n) is 24.2. The lowest BCUT2D eigenvalue weighted by Gasteiger charge is -2.32. The van der Waals surface area contributed by atoms with Gasteiger partial charge in [-0.3, -0.25) is 14.2 Å². The Morgan fingerprint density at radius 1 is 1.07 bits per heavy atom. The van der Waals surface area contributed by atoms with Crippen molar-refractivity contribution in [1.29, 1.82) is 0 Å². The molecule has 0 aromatic heterocycles. The predicted molar refractivity (Wildman–Crippen MR) is 154 cm³/mol. The predicted octanol–water partition coefficient (Wildman–Crippen LogP) is 3.97. The Labute approximate surface area is 243 Å². The number of carbonyl (C=O) groups excluding carboxylic acids is 3. The van der Waals surface area contributed by atoms with Crippen molar-refractivity contribution in [2.75, 3.05) is 26.3 Å². The Hall–Kier alpha value is -2.46. The highest BCUT2D eigenvalue weighted by molar-refractivity contribution is 7.54. The molecule has 1 saturated heterocycles. The normalized spacial score (nSPS) is 20.4. The van der Waals surface area contributed by atoms with E-state index in [1.165, 1.54) is 0 Å². The summed E-state index contributed by atoms with van der Waals surface area (Å²) in [5.74, 6) is -2.82. The highest BCUT2D eigenvalue weighted by Crippen LogP contribution is 2.53. The van der Waals surface area contributed by atoms with E-state index in [0.29, 0.717) is 32.4 Å². The smallest absolute Gasteiger partial charge is 0.405 e. The lowest BCUT2D eigenvalue weighted by molar-refractivity contribution is -0.134. The average Bonchev–Trinajstić information content (AvgIpc) is 3.30. The van der Waals surface area contributed by atoms with Gasteiger partial charge in [-0.25, -0.2) is 4.79 Å². The first-order valence-corrected chi connectivity index (χ1v) is 16.4. The van der Waals surface area contributed by atoms with Gasteiger partial charge in [0.1, 0.15) is 0 Å². The molecule has 2 aliphatic rings. The van der Waals surface area contributed by atoms with E-state index in [1.807, 2.05) is 30.3 Å². The maximum absolute atomic E-state index is 13.5. The molecule has 1 aliphatic heterocycles. The molecule has 2 fully saturated rings. The van der Waals surface area contributed by atoms with Gasteiger partial charge in [-0.05, 0) is 51.0 Å². The van der Waals surface area contributed by atoms with Crippen LogP contribution in [0.1, 0.15) is 70.8 Å². The van der Waals surface area contributed by atoms with Gasteiger partial charge in [0, 0.05) is 19.0 Å². The topological polar surface area (TPSA) is 157 Å². The molecule has 0 radical (unpaired) electrons. The molecule has 12 heteroatoms. The number of carbonyl (C=O) groups is 3. The minimum atomic E-state index is -4.08. The third-order valence-electron chi connectivity index (χ3n) is 7.91. The van der Waals surface area contributed by atoms with Crippen molar-refractivity contribution < 1.29 is 37.8 Å². The summed E-state index contributed by atoms with van der Waals surface area (Å²) in [6.45, 7) is 4.36. The summed E-state index contributed by atoms with van der Waals surface area (Å²) in [6, 6.07) is 8.72. The number of aliphatic hydroxyl groups excluding tert-OH is 1. The molecule has 1 aliphatic carbocycles. The van der Waals surface area contributed by atoms with E-state index in [1.54, 1.807) is 18.7 Å². The maximum atomic E-state index is 13.5. The van der Waals surface area contributed by atoms with E-state index < -0.39 is 43.5 Å². The van der Waals surface area contributed by atoms with Gasteiger partial charge in [0.15, 0.2) is 11.9 Å². The summed E-state index contributed by atoms with van der Waals surface area (Å²) < 4.78 is 29.5. The summed E-state index contributed by atoms with van der Waals surface area (Å²) in [7, 11) is -4.08. The molecule has 1 heterocycles. The lowest BCUT2D eigenvalue weighted by atomic mass is 9.85. The molecular weight excluding hydrogens is 549 g/mol. The van der Waals surface area contributed by atoms with Crippen molar-refractivity contribution in [2.24, 2.45) is 17.6 Å². The first-order valence-electron chi connectivity index (χ1n) is 14.8. The van der Waals surface area contributed by atoms with E-state index in [-0.39, 0.29) is 31.5 Å². The third kappa shape index (κ3) is 9.81. The average molecular weight is 596 g/mol. The van der Waals surface area contributed by atoms with Crippen LogP contribution in [0.25, 0.3) is 0 Å². The van der Waals surface area contributed by atoms with Gasteiger partial charge in [-0.15, -0.1) is 0 Å². The number of benzene rings is 1. The summed E-state index contributed by atoms with van der Waals surface area (Å²) in [5.41, 5.74) is 6.41. The Balaban J connectivity index is 1.76. The number of nitrogens with one attached hydrogen (secondary N) is 1.